The lowest BCUT2D eigenvalue weighted by Gasteiger charge is -2.36. The van der Waals surface area contributed by atoms with Crippen molar-refractivity contribution < 1.29 is 5.11 Å². The van der Waals surface area contributed by atoms with Crippen LogP contribution in [0, 0.1) is 0 Å². The molecule has 100 valence electrons. The minimum atomic E-state index is -0.331. The summed E-state index contributed by atoms with van der Waals surface area (Å²) in [6, 6.07) is 0. The highest BCUT2D eigenvalue weighted by Crippen LogP contribution is 2.26. The van der Waals surface area contributed by atoms with Gasteiger partial charge in [0.1, 0.15) is 0 Å². The molecular weight excluding hydrogens is 198 g/mol. The standard InChI is InChI=1S/C10H21NO.2C2H6/c1-3-4-5-10(12)6-8-11(2)9-7-10;2*1-2/h12H,3-9H2,1-2H3;2*1-2H3. The molecule has 2 nitrogen and oxygen atoms in total. The molecular formula is C14H33NO. The van der Waals surface area contributed by atoms with E-state index in [4.69, 9.17) is 0 Å². The third kappa shape index (κ3) is 8.12. The van der Waals surface area contributed by atoms with Gasteiger partial charge in [0.25, 0.3) is 0 Å². The second-order valence-electron chi connectivity index (χ2n) is 4.13. The third-order valence-electron chi connectivity index (χ3n) is 2.91. The van der Waals surface area contributed by atoms with E-state index in [1.165, 1.54) is 12.8 Å². The van der Waals surface area contributed by atoms with Gasteiger partial charge in [0.05, 0.1) is 5.60 Å². The van der Waals surface area contributed by atoms with Crippen molar-refractivity contribution >= 4 is 0 Å². The first-order valence-electron chi connectivity index (χ1n) is 7.07. The van der Waals surface area contributed by atoms with Crippen LogP contribution >= 0.6 is 0 Å². The summed E-state index contributed by atoms with van der Waals surface area (Å²) < 4.78 is 0. The van der Waals surface area contributed by atoms with E-state index in [0.717, 1.165) is 32.4 Å². The molecule has 0 atom stereocenters. The molecule has 1 saturated heterocycles. The summed E-state index contributed by atoms with van der Waals surface area (Å²) in [5.74, 6) is 0. The van der Waals surface area contributed by atoms with Crippen LogP contribution in [0.5, 0.6) is 0 Å². The van der Waals surface area contributed by atoms with Gasteiger partial charge in [-0.05, 0) is 26.3 Å². The van der Waals surface area contributed by atoms with E-state index in [-0.39, 0.29) is 5.60 Å². The molecule has 0 aromatic heterocycles. The zero-order valence-corrected chi connectivity index (χ0v) is 12.3. The number of aliphatic hydroxyl groups is 1. The minimum absolute atomic E-state index is 0.331. The molecule has 1 N–H and O–H groups in total. The normalized spacial score (nSPS) is 18.9. The van der Waals surface area contributed by atoms with Crippen molar-refractivity contribution in [2.75, 3.05) is 20.1 Å². The molecule has 1 heterocycles. The van der Waals surface area contributed by atoms with E-state index in [1.54, 1.807) is 0 Å². The molecule has 0 spiro atoms. The first-order chi connectivity index (χ1) is 7.66. The molecule has 1 aliphatic rings. The van der Waals surface area contributed by atoms with Gasteiger partial charge >= 0.3 is 0 Å². The molecule has 0 aromatic carbocycles. The molecule has 0 radical (unpaired) electrons. The largest absolute Gasteiger partial charge is 0.390 e. The predicted molar refractivity (Wildman–Crippen MR) is 73.9 cm³/mol. The predicted octanol–water partition coefficient (Wildman–Crippen LogP) is 3.69. The van der Waals surface area contributed by atoms with E-state index >= 15 is 0 Å². The van der Waals surface area contributed by atoms with Crippen molar-refractivity contribution in [3.8, 4) is 0 Å². The molecule has 2 heteroatoms. The van der Waals surface area contributed by atoms with Crippen LogP contribution in [-0.4, -0.2) is 35.7 Å². The fourth-order valence-electron chi connectivity index (χ4n) is 1.79. The Labute approximate surface area is 103 Å². The molecule has 1 aliphatic heterocycles. The number of unbranched alkanes of at least 4 members (excludes halogenated alkanes) is 1. The van der Waals surface area contributed by atoms with Crippen molar-refractivity contribution in [1.82, 2.24) is 4.90 Å². The van der Waals surface area contributed by atoms with E-state index in [1.807, 2.05) is 27.7 Å². The van der Waals surface area contributed by atoms with Crippen LogP contribution in [0.3, 0.4) is 0 Å². The number of likely N-dealkylation sites (tertiary alicyclic amines) is 1. The number of hydrogen-bond donors (Lipinski definition) is 1. The molecule has 1 fully saturated rings. The van der Waals surface area contributed by atoms with Crippen molar-refractivity contribution in [3.05, 3.63) is 0 Å². The van der Waals surface area contributed by atoms with Gasteiger partial charge < -0.3 is 10.0 Å². The van der Waals surface area contributed by atoms with Gasteiger partial charge in [-0.2, -0.15) is 0 Å². The number of hydrogen-bond acceptors (Lipinski definition) is 2. The number of piperidine rings is 1. The fourth-order valence-corrected chi connectivity index (χ4v) is 1.79. The lowest BCUT2D eigenvalue weighted by molar-refractivity contribution is -0.0237. The van der Waals surface area contributed by atoms with Crippen molar-refractivity contribution in [2.45, 2.75) is 72.3 Å². The molecule has 0 unspecified atom stereocenters. The van der Waals surface area contributed by atoms with Crippen molar-refractivity contribution in [2.24, 2.45) is 0 Å². The maximum absolute atomic E-state index is 10.1. The minimum Gasteiger partial charge on any atom is -0.390 e. The van der Waals surface area contributed by atoms with Gasteiger partial charge in [0.15, 0.2) is 0 Å². The van der Waals surface area contributed by atoms with E-state index < -0.39 is 0 Å². The lowest BCUT2D eigenvalue weighted by atomic mass is 9.87. The fraction of sp³-hybridized carbons (Fsp3) is 1.00. The van der Waals surface area contributed by atoms with Crippen LogP contribution < -0.4 is 0 Å². The first-order valence-corrected chi connectivity index (χ1v) is 7.07. The zero-order valence-electron chi connectivity index (χ0n) is 12.3. The third-order valence-corrected chi connectivity index (χ3v) is 2.91. The Hall–Kier alpha value is -0.0800. The van der Waals surface area contributed by atoms with Gasteiger partial charge in [-0.1, -0.05) is 47.5 Å². The average molecular weight is 231 g/mol. The zero-order chi connectivity index (χ0) is 13.0. The van der Waals surface area contributed by atoms with E-state index in [0.29, 0.717) is 0 Å². The Balaban J connectivity index is 0. The molecule has 0 aromatic rings. The summed E-state index contributed by atoms with van der Waals surface area (Å²) in [5.41, 5.74) is -0.331. The Morgan fingerprint density at radius 3 is 1.88 bits per heavy atom. The van der Waals surface area contributed by atoms with Gasteiger partial charge in [-0.25, -0.2) is 0 Å². The van der Waals surface area contributed by atoms with Crippen LogP contribution in [0.15, 0.2) is 0 Å². The molecule has 1 rings (SSSR count). The van der Waals surface area contributed by atoms with Crippen LogP contribution in [0.4, 0.5) is 0 Å². The van der Waals surface area contributed by atoms with Gasteiger partial charge in [-0.3, -0.25) is 0 Å². The lowest BCUT2D eigenvalue weighted by Crippen LogP contribution is -2.42. The van der Waals surface area contributed by atoms with Gasteiger partial charge in [0.2, 0.25) is 0 Å². The molecule has 0 bridgehead atoms. The summed E-state index contributed by atoms with van der Waals surface area (Å²) in [4.78, 5) is 2.29. The highest BCUT2D eigenvalue weighted by atomic mass is 16.3. The Kier molecular flexibility index (Phi) is 13.0. The molecule has 0 aliphatic carbocycles. The second-order valence-corrected chi connectivity index (χ2v) is 4.13. The second kappa shape index (κ2) is 11.4. The van der Waals surface area contributed by atoms with Crippen molar-refractivity contribution in [3.63, 3.8) is 0 Å². The number of nitrogens with zero attached hydrogens (tertiary/aromatic N) is 1. The Morgan fingerprint density at radius 2 is 1.50 bits per heavy atom. The average Bonchev–Trinajstić information content (AvgIpc) is 2.36. The Morgan fingerprint density at radius 1 is 1.06 bits per heavy atom. The summed E-state index contributed by atoms with van der Waals surface area (Å²) in [6.45, 7) is 12.3. The maximum atomic E-state index is 10.1. The first kappa shape index (κ1) is 18.3. The quantitative estimate of drug-likeness (QED) is 0.801. The molecule has 16 heavy (non-hydrogen) atoms. The highest BCUT2D eigenvalue weighted by molar-refractivity contribution is 4.84. The van der Waals surface area contributed by atoms with Crippen LogP contribution in [-0.2, 0) is 0 Å². The SMILES string of the molecule is CC.CC.CCCCC1(O)CCN(C)CC1. The summed E-state index contributed by atoms with van der Waals surface area (Å²) in [7, 11) is 2.12. The molecule has 0 saturated carbocycles. The maximum Gasteiger partial charge on any atom is 0.0672 e. The van der Waals surface area contributed by atoms with Crippen molar-refractivity contribution in [1.29, 1.82) is 0 Å². The van der Waals surface area contributed by atoms with E-state index in [2.05, 4.69) is 18.9 Å². The Bertz CT molecular complexity index is 123. The summed E-state index contributed by atoms with van der Waals surface area (Å²) >= 11 is 0. The van der Waals surface area contributed by atoms with Gasteiger partial charge in [-0.15, -0.1) is 0 Å². The van der Waals surface area contributed by atoms with E-state index in [9.17, 15) is 5.11 Å². The van der Waals surface area contributed by atoms with Gasteiger partial charge in [0, 0.05) is 13.1 Å². The van der Waals surface area contributed by atoms with Crippen LogP contribution in [0.25, 0.3) is 0 Å². The topological polar surface area (TPSA) is 23.5 Å². The summed E-state index contributed by atoms with van der Waals surface area (Å²) in [6.07, 6.45) is 5.28. The molecule has 0 amide bonds. The smallest absolute Gasteiger partial charge is 0.0672 e. The summed E-state index contributed by atoms with van der Waals surface area (Å²) in [5, 5.41) is 10.1. The number of rotatable bonds is 3. The van der Waals surface area contributed by atoms with Crippen LogP contribution in [0.2, 0.25) is 0 Å². The monoisotopic (exact) mass is 231 g/mol. The van der Waals surface area contributed by atoms with Crippen LogP contribution in [0.1, 0.15) is 66.7 Å². The highest BCUT2D eigenvalue weighted by Gasteiger charge is 2.29.